The van der Waals surface area contributed by atoms with Crippen LogP contribution in [0, 0.1) is 17.8 Å². The molecular formula is C73H109N15O19. The van der Waals surface area contributed by atoms with E-state index in [0.29, 0.717) is 36.1 Å². The first-order chi connectivity index (χ1) is 50.3. The number of carboxylic acid groups (broad SMARTS) is 1. The van der Waals surface area contributed by atoms with Crippen LogP contribution in [-0.4, -0.2) is 194 Å². The largest absolute Gasteiger partial charge is 0.508 e. The van der Waals surface area contributed by atoms with Crippen LogP contribution in [0.1, 0.15) is 150 Å². The SMILES string of the molecule is CC(=O)N[C@@H](C)C(=O)N[C@@H](CCC(N)=O)C(=O)N[C@@H](CC(C)C)C(=O)N[C@@H](CC(C)C)C(=O)N[C@@H](C)C(=O)N[C@@H](Cc1ccc(O)cc1)C(=O)N[C@@H](Cc1ccc(O)cc1)C(=O)N[C@@H](Cc1ccccc1)C(=O)N[C@H](C(=O)N[C@@H](CCC(=O)O)C(=O)N[C@@H](CC(C)C)C(=O)N[C@@H](CCCCN)C(N)=O)[C@@H](C)O. The normalized spacial score (nSPS) is 14.8. The molecule has 34 nitrogen and oxygen atoms in total. The topological polar surface area (TPSA) is 559 Å². The average molecular weight is 1500 g/mol. The van der Waals surface area contributed by atoms with E-state index in [-0.39, 0.29) is 87.0 Å². The summed E-state index contributed by atoms with van der Waals surface area (Å²) in [6, 6.07) is 1.51. The summed E-state index contributed by atoms with van der Waals surface area (Å²) in [5, 5.41) is 71.8. The van der Waals surface area contributed by atoms with Gasteiger partial charge >= 0.3 is 5.97 Å². The number of benzene rings is 3. The number of hydrogen-bond acceptors (Lipinski definition) is 19. The van der Waals surface area contributed by atoms with E-state index in [1.54, 1.807) is 71.9 Å². The summed E-state index contributed by atoms with van der Waals surface area (Å²) in [5.74, 6) is -15.1. The number of aliphatic hydroxyl groups excluding tert-OH is 1. The number of carboxylic acids is 1. The first-order valence-electron chi connectivity index (χ1n) is 35.7. The summed E-state index contributed by atoms with van der Waals surface area (Å²) in [7, 11) is 0. The molecule has 3 aromatic rings. The fourth-order valence-corrected chi connectivity index (χ4v) is 11.1. The van der Waals surface area contributed by atoms with Crippen LogP contribution in [0.3, 0.4) is 0 Å². The molecule has 3 aromatic carbocycles. The predicted molar refractivity (Wildman–Crippen MR) is 391 cm³/mol. The van der Waals surface area contributed by atoms with Gasteiger partial charge in [-0.25, -0.2) is 0 Å². The lowest BCUT2D eigenvalue weighted by atomic mass is 9.99. The summed E-state index contributed by atoms with van der Waals surface area (Å²) < 4.78 is 0. The monoisotopic (exact) mass is 1500 g/mol. The van der Waals surface area contributed by atoms with Crippen molar-refractivity contribution in [3.63, 3.8) is 0 Å². The fourth-order valence-electron chi connectivity index (χ4n) is 11.1. The van der Waals surface area contributed by atoms with Gasteiger partial charge in [0, 0.05) is 39.0 Å². The molecule has 0 unspecified atom stereocenters. The lowest BCUT2D eigenvalue weighted by Crippen LogP contribution is -2.62. The zero-order valence-electron chi connectivity index (χ0n) is 62.3. The number of phenolic OH excluding ortho intramolecular Hbond substituents is 2. The van der Waals surface area contributed by atoms with E-state index in [1.165, 1.54) is 69.3 Å². The number of carbonyl (C=O) groups excluding carboxylic acids is 14. The molecule has 3 rings (SSSR count). The minimum absolute atomic E-state index is 0.00445. The van der Waals surface area contributed by atoms with Crippen molar-refractivity contribution >= 4 is 88.7 Å². The molecule has 0 bridgehead atoms. The molecule has 0 spiro atoms. The van der Waals surface area contributed by atoms with Gasteiger partial charge in [-0.2, -0.15) is 0 Å². The Morgan fingerprint density at radius 1 is 0.364 bits per heavy atom. The maximum atomic E-state index is 15.0. The third-order valence-electron chi connectivity index (χ3n) is 16.8. The molecule has 0 aliphatic carbocycles. The molecular weight excluding hydrogens is 1390 g/mol. The number of hydrogen-bond donors (Lipinski definition) is 19. The third kappa shape index (κ3) is 33.9. The van der Waals surface area contributed by atoms with E-state index < -0.39 is 180 Å². The zero-order valence-corrected chi connectivity index (χ0v) is 62.3. The molecule has 13 atom stereocenters. The highest BCUT2D eigenvalue weighted by Crippen LogP contribution is 2.18. The van der Waals surface area contributed by atoms with Crippen molar-refractivity contribution in [2.75, 3.05) is 6.54 Å². The Balaban J connectivity index is 2.03. The Labute approximate surface area is 622 Å². The molecule has 22 N–H and O–H groups in total. The molecule has 590 valence electrons. The van der Waals surface area contributed by atoms with E-state index in [0.717, 1.165) is 6.92 Å². The summed E-state index contributed by atoms with van der Waals surface area (Å²) in [6.45, 7) is 15.8. The van der Waals surface area contributed by atoms with E-state index in [2.05, 4.69) is 63.8 Å². The van der Waals surface area contributed by atoms with Crippen molar-refractivity contribution in [1.29, 1.82) is 0 Å². The van der Waals surface area contributed by atoms with Gasteiger partial charge in [0.1, 0.15) is 84.0 Å². The van der Waals surface area contributed by atoms with E-state index >= 15 is 4.79 Å². The van der Waals surface area contributed by atoms with E-state index in [4.69, 9.17) is 17.2 Å². The summed E-state index contributed by atoms with van der Waals surface area (Å²) in [4.78, 5) is 204. The maximum Gasteiger partial charge on any atom is 0.303 e. The molecule has 0 radical (unpaired) electrons. The van der Waals surface area contributed by atoms with Gasteiger partial charge < -0.3 is 101 Å². The van der Waals surface area contributed by atoms with E-state index in [9.17, 15) is 87.5 Å². The molecule has 0 saturated heterocycles. The Morgan fingerprint density at radius 3 is 1.07 bits per heavy atom. The van der Waals surface area contributed by atoms with Crippen LogP contribution in [0.5, 0.6) is 11.5 Å². The lowest BCUT2D eigenvalue weighted by Gasteiger charge is -2.29. The van der Waals surface area contributed by atoms with Crippen LogP contribution in [-0.2, 0) is 91.2 Å². The average Bonchev–Trinajstić information content (AvgIpc) is 0.843. The maximum absolute atomic E-state index is 15.0. The van der Waals surface area contributed by atoms with Crippen molar-refractivity contribution in [2.24, 2.45) is 35.0 Å². The lowest BCUT2D eigenvalue weighted by molar-refractivity contribution is -0.139. The number of unbranched alkanes of at least 4 members (excludes halogenated alkanes) is 1. The molecule has 0 aromatic heterocycles. The number of aliphatic carboxylic acids is 1. The van der Waals surface area contributed by atoms with Gasteiger partial charge in [0.2, 0.25) is 82.7 Å². The van der Waals surface area contributed by atoms with Gasteiger partial charge in [-0.15, -0.1) is 0 Å². The number of amides is 14. The third-order valence-corrected chi connectivity index (χ3v) is 16.8. The van der Waals surface area contributed by atoms with Crippen LogP contribution in [0.15, 0.2) is 78.9 Å². The van der Waals surface area contributed by atoms with Crippen molar-refractivity contribution < 1.29 is 92.3 Å². The number of aromatic hydroxyl groups is 2. The predicted octanol–water partition coefficient (Wildman–Crippen LogP) is -1.73. The van der Waals surface area contributed by atoms with Gasteiger partial charge in [0.25, 0.3) is 0 Å². The molecule has 0 saturated carbocycles. The van der Waals surface area contributed by atoms with Crippen molar-refractivity contribution in [3.8, 4) is 11.5 Å². The number of phenols is 2. The summed E-state index contributed by atoms with van der Waals surface area (Å²) in [6.07, 6.45) is -3.50. The van der Waals surface area contributed by atoms with Crippen LogP contribution in [0.25, 0.3) is 0 Å². The van der Waals surface area contributed by atoms with Gasteiger partial charge in [0.05, 0.1) is 6.10 Å². The number of primary amides is 2. The number of nitrogens with two attached hydrogens (primary N) is 3. The smallest absolute Gasteiger partial charge is 0.303 e. The Hall–Kier alpha value is -10.8. The number of carbonyl (C=O) groups is 15. The highest BCUT2D eigenvalue weighted by atomic mass is 16.4. The van der Waals surface area contributed by atoms with Gasteiger partial charge in [0.15, 0.2) is 0 Å². The van der Waals surface area contributed by atoms with Crippen LogP contribution < -0.4 is 81.0 Å². The minimum atomic E-state index is -1.93. The molecule has 0 heterocycles. The quantitative estimate of drug-likeness (QED) is 0.0279. The van der Waals surface area contributed by atoms with Gasteiger partial charge in [-0.1, -0.05) is 96.1 Å². The highest BCUT2D eigenvalue weighted by Gasteiger charge is 2.38. The molecule has 14 amide bonds. The second-order valence-electron chi connectivity index (χ2n) is 27.9. The minimum Gasteiger partial charge on any atom is -0.508 e. The molecule has 0 fully saturated rings. The van der Waals surface area contributed by atoms with E-state index in [1.807, 2.05) is 0 Å². The summed E-state index contributed by atoms with van der Waals surface area (Å²) in [5.41, 5.74) is 17.7. The molecule has 107 heavy (non-hydrogen) atoms. The second-order valence-corrected chi connectivity index (χ2v) is 27.9. The molecule has 0 aliphatic rings. The molecule has 34 heteroatoms. The van der Waals surface area contributed by atoms with Crippen LogP contribution in [0.2, 0.25) is 0 Å². The van der Waals surface area contributed by atoms with Gasteiger partial charge in [-0.3, -0.25) is 71.9 Å². The summed E-state index contributed by atoms with van der Waals surface area (Å²) >= 11 is 0. The van der Waals surface area contributed by atoms with Crippen LogP contribution in [0.4, 0.5) is 0 Å². The Morgan fingerprint density at radius 2 is 0.692 bits per heavy atom. The zero-order chi connectivity index (χ0) is 80.4. The number of aliphatic hydroxyl groups is 1. The van der Waals surface area contributed by atoms with Gasteiger partial charge in [-0.05, 0) is 137 Å². The Kier molecular flexibility index (Phi) is 38.5. The molecule has 0 aliphatic heterocycles. The first-order valence-corrected chi connectivity index (χ1v) is 35.7. The second kappa shape index (κ2) is 45.6. The van der Waals surface area contributed by atoms with Crippen molar-refractivity contribution in [2.45, 2.75) is 231 Å². The number of rotatable bonds is 47. The number of nitrogens with one attached hydrogen (secondary N) is 12. The first kappa shape index (κ1) is 90.4. The highest BCUT2D eigenvalue weighted by molar-refractivity contribution is 6.00. The fraction of sp³-hybridized carbons (Fsp3) is 0.548. The van der Waals surface area contributed by atoms with Crippen molar-refractivity contribution in [1.82, 2.24) is 63.8 Å². The van der Waals surface area contributed by atoms with Crippen LogP contribution >= 0.6 is 0 Å². The standard InChI is InChI=1S/C73H109N15O19/c1-38(2)32-53(85-69(103)55(34-40(5)6)84-65(99)51(27-29-59(75)93)80-63(97)41(7)77-44(10)90)67(101)78-42(8)64(98)82-56(36-46-19-23-48(91)24-20-46)70(104)86-57(37-47-21-25-49(92)26-22-47)71(105)87-58(35-45-16-12-11-13-17-45)72(106)88-61(43(9)89)73(107)81-52(28-30-60(94)95)66(100)83-54(33-39(3)4)68(102)79-50(62(76)96)18-14-15-31-74/h11-13,16-17,19-26,38-43,50-58,61,89,91-92H,14-15,18,27-37,74H2,1-10H3,(H2,75,93)(H2,76,96)(H,77,90)(H,78,101)(H,79,102)(H,80,97)(H,81,107)(H,82,98)(H,83,100)(H,84,99)(H,85,103)(H,86,104)(H,87,105)(H,88,106)(H,94,95)/t41-,42-,43+,50-,51-,52-,53-,54-,55-,56-,57-,58-,61-/m0/s1. The Bertz CT molecular complexity index is 3510. The van der Waals surface area contributed by atoms with Crippen molar-refractivity contribution in [3.05, 3.63) is 95.6 Å².